The van der Waals surface area contributed by atoms with Crippen molar-refractivity contribution < 1.29 is 12.9 Å². The third-order valence-electron chi connectivity index (χ3n) is 1.42. The fraction of sp³-hybridized carbons (Fsp3) is 0.143. The molecule has 0 aliphatic rings. The summed E-state index contributed by atoms with van der Waals surface area (Å²) in [7, 11) is 0. The molecule has 0 aliphatic heterocycles. The van der Waals surface area contributed by atoms with Gasteiger partial charge in [-0.2, -0.15) is 4.21 Å². The second-order valence-electron chi connectivity index (χ2n) is 2.32. The first-order valence-electron chi connectivity index (χ1n) is 3.25. The van der Waals surface area contributed by atoms with Crippen LogP contribution in [-0.4, -0.2) is 8.76 Å². The van der Waals surface area contributed by atoms with Crippen molar-refractivity contribution in [2.45, 2.75) is 6.92 Å². The number of hydrogen-bond donors (Lipinski definition) is 2. The molecule has 0 aromatic heterocycles. The number of benzene rings is 1. The molecule has 1 rings (SSSR count). The monoisotopic (exact) mass is 187 g/mol. The van der Waals surface area contributed by atoms with Crippen LogP contribution in [0.2, 0.25) is 0 Å². The Balaban J connectivity index is 2.89. The molecule has 0 saturated carbocycles. The van der Waals surface area contributed by atoms with Gasteiger partial charge in [0.15, 0.2) is 0 Å². The zero-order valence-electron chi connectivity index (χ0n) is 6.48. The zero-order chi connectivity index (χ0) is 9.14. The molecule has 0 heterocycles. The van der Waals surface area contributed by atoms with Crippen molar-refractivity contribution in [3.63, 3.8) is 0 Å². The lowest BCUT2D eigenvalue weighted by molar-refractivity contribution is 0.458. The molecule has 4 nitrogen and oxygen atoms in total. The Kier molecular flexibility index (Phi) is 2.67. The van der Waals surface area contributed by atoms with Gasteiger partial charge in [0.25, 0.3) is 0 Å². The minimum atomic E-state index is -2.29. The quantitative estimate of drug-likeness (QED) is 0.537. The first-order chi connectivity index (χ1) is 5.59. The topological polar surface area (TPSA) is 72.5 Å². The van der Waals surface area contributed by atoms with Gasteiger partial charge in [-0.25, -0.2) is 0 Å². The van der Waals surface area contributed by atoms with Gasteiger partial charge in [-0.05, 0) is 18.6 Å². The van der Waals surface area contributed by atoms with Crippen molar-refractivity contribution in [2.24, 2.45) is 0 Å². The molecule has 66 valence electrons. The highest BCUT2D eigenvalue weighted by Gasteiger charge is 2.00. The van der Waals surface area contributed by atoms with E-state index in [0.717, 1.165) is 5.56 Å². The standard InChI is InChI=1S/C7H9NO3S/c1-5-2-3-6(4-7(5)8)11-12(9)10/h2-4H,8H2,1H3,(H,9,10). The highest BCUT2D eigenvalue weighted by Crippen LogP contribution is 2.19. The summed E-state index contributed by atoms with van der Waals surface area (Å²) in [6, 6.07) is 4.81. The highest BCUT2D eigenvalue weighted by atomic mass is 32.2. The summed E-state index contributed by atoms with van der Waals surface area (Å²) >= 11 is -2.29. The lowest BCUT2D eigenvalue weighted by atomic mass is 10.2. The fourth-order valence-corrected chi connectivity index (χ4v) is 1.02. The number of nitrogens with two attached hydrogens (primary N) is 1. The summed E-state index contributed by atoms with van der Waals surface area (Å²) in [5, 5.41) is 0. The lowest BCUT2D eigenvalue weighted by Gasteiger charge is -2.02. The van der Waals surface area contributed by atoms with Gasteiger partial charge in [0.05, 0.1) is 0 Å². The first-order valence-corrected chi connectivity index (χ1v) is 4.28. The van der Waals surface area contributed by atoms with Gasteiger partial charge in [-0.1, -0.05) is 6.07 Å². The molecule has 3 N–H and O–H groups in total. The minimum Gasteiger partial charge on any atom is -0.398 e. The number of rotatable bonds is 2. The summed E-state index contributed by atoms with van der Waals surface area (Å²) in [4.78, 5) is 0. The van der Waals surface area contributed by atoms with E-state index < -0.39 is 11.4 Å². The van der Waals surface area contributed by atoms with E-state index in [0.29, 0.717) is 11.4 Å². The third kappa shape index (κ3) is 2.21. The van der Waals surface area contributed by atoms with Crippen molar-refractivity contribution in [1.29, 1.82) is 0 Å². The molecule has 1 atom stereocenters. The van der Waals surface area contributed by atoms with Gasteiger partial charge in [-0.15, -0.1) is 0 Å². The maximum Gasteiger partial charge on any atom is 0.357 e. The zero-order valence-corrected chi connectivity index (χ0v) is 7.30. The first kappa shape index (κ1) is 9.02. The molecule has 0 spiro atoms. The molecule has 0 bridgehead atoms. The van der Waals surface area contributed by atoms with Crippen LogP contribution in [-0.2, 0) is 11.4 Å². The van der Waals surface area contributed by atoms with Crippen LogP contribution in [0.1, 0.15) is 5.56 Å². The SMILES string of the molecule is Cc1ccc(OS(=O)O)cc1N. The van der Waals surface area contributed by atoms with Crippen molar-refractivity contribution in [2.75, 3.05) is 5.73 Å². The molecule has 12 heavy (non-hydrogen) atoms. The Morgan fingerprint density at radius 3 is 2.75 bits per heavy atom. The normalized spacial score (nSPS) is 12.5. The minimum absolute atomic E-state index is 0.291. The van der Waals surface area contributed by atoms with Gasteiger partial charge >= 0.3 is 11.4 Å². The predicted molar refractivity (Wildman–Crippen MR) is 47.0 cm³/mol. The maximum atomic E-state index is 10.2. The smallest absolute Gasteiger partial charge is 0.357 e. The number of anilines is 1. The van der Waals surface area contributed by atoms with Crippen molar-refractivity contribution >= 4 is 17.0 Å². The number of hydrogen-bond acceptors (Lipinski definition) is 3. The van der Waals surface area contributed by atoms with Crippen LogP contribution in [0.4, 0.5) is 5.69 Å². The Morgan fingerprint density at radius 2 is 2.25 bits per heavy atom. The second kappa shape index (κ2) is 3.55. The molecular formula is C7H9NO3S. The number of nitrogen functional groups attached to an aromatic ring is 1. The molecule has 1 unspecified atom stereocenters. The third-order valence-corrected chi connectivity index (χ3v) is 1.75. The average molecular weight is 187 g/mol. The lowest BCUT2D eigenvalue weighted by Crippen LogP contribution is -1.98. The predicted octanol–water partition coefficient (Wildman–Crippen LogP) is 1.09. The molecule has 0 aliphatic carbocycles. The van der Waals surface area contributed by atoms with E-state index in [4.69, 9.17) is 10.3 Å². The van der Waals surface area contributed by atoms with E-state index in [1.165, 1.54) is 6.07 Å². The largest absolute Gasteiger partial charge is 0.398 e. The van der Waals surface area contributed by atoms with Crippen LogP contribution < -0.4 is 9.92 Å². The van der Waals surface area contributed by atoms with Crippen molar-refractivity contribution in [1.82, 2.24) is 0 Å². The summed E-state index contributed by atoms with van der Waals surface area (Å²) in [6.45, 7) is 1.84. The van der Waals surface area contributed by atoms with Gasteiger partial charge < -0.3 is 9.92 Å². The Morgan fingerprint density at radius 1 is 1.58 bits per heavy atom. The van der Waals surface area contributed by atoms with Crippen LogP contribution in [0.5, 0.6) is 5.75 Å². The molecule has 0 saturated heterocycles. The Labute approximate surface area is 72.8 Å². The second-order valence-corrected chi connectivity index (χ2v) is 2.92. The summed E-state index contributed by atoms with van der Waals surface area (Å²) in [6.07, 6.45) is 0. The average Bonchev–Trinajstić information content (AvgIpc) is 1.96. The summed E-state index contributed by atoms with van der Waals surface area (Å²) in [5.41, 5.74) is 6.98. The maximum absolute atomic E-state index is 10.2. The molecule has 1 aromatic rings. The van der Waals surface area contributed by atoms with Crippen LogP contribution >= 0.6 is 0 Å². The van der Waals surface area contributed by atoms with E-state index in [2.05, 4.69) is 4.18 Å². The van der Waals surface area contributed by atoms with Crippen LogP contribution in [0, 0.1) is 6.92 Å². The summed E-state index contributed by atoms with van der Waals surface area (Å²) < 4.78 is 23.1. The van der Waals surface area contributed by atoms with E-state index in [-0.39, 0.29) is 0 Å². The Hall–Kier alpha value is -1.07. The molecular weight excluding hydrogens is 178 g/mol. The molecule has 0 fully saturated rings. The van der Waals surface area contributed by atoms with Crippen molar-refractivity contribution in [3.05, 3.63) is 23.8 Å². The summed E-state index contributed by atoms with van der Waals surface area (Å²) in [5.74, 6) is 0.291. The van der Waals surface area contributed by atoms with Gasteiger partial charge in [-0.3, -0.25) is 4.55 Å². The number of aryl methyl sites for hydroxylation is 1. The van der Waals surface area contributed by atoms with E-state index in [9.17, 15) is 4.21 Å². The molecule has 5 heteroatoms. The molecule has 1 aromatic carbocycles. The van der Waals surface area contributed by atoms with E-state index in [1.807, 2.05) is 6.92 Å². The van der Waals surface area contributed by atoms with Gasteiger partial charge in [0.2, 0.25) is 0 Å². The van der Waals surface area contributed by atoms with E-state index in [1.54, 1.807) is 12.1 Å². The molecule has 0 amide bonds. The van der Waals surface area contributed by atoms with E-state index >= 15 is 0 Å². The van der Waals surface area contributed by atoms with Crippen LogP contribution in [0.3, 0.4) is 0 Å². The molecule has 0 radical (unpaired) electrons. The fourth-order valence-electron chi connectivity index (χ4n) is 0.753. The highest BCUT2D eigenvalue weighted by molar-refractivity contribution is 7.74. The Bertz CT molecular complexity index is 314. The van der Waals surface area contributed by atoms with Gasteiger partial charge in [0, 0.05) is 11.8 Å². The van der Waals surface area contributed by atoms with Gasteiger partial charge in [0.1, 0.15) is 5.75 Å². The van der Waals surface area contributed by atoms with Crippen molar-refractivity contribution in [3.8, 4) is 5.75 Å². The van der Waals surface area contributed by atoms with Crippen LogP contribution in [0.15, 0.2) is 18.2 Å². The van der Waals surface area contributed by atoms with Crippen LogP contribution in [0.25, 0.3) is 0 Å².